The normalized spacial score (nSPS) is 15.5. The average Bonchev–Trinajstić information content (AvgIpc) is 3.19. The number of hydrogen-bond acceptors (Lipinski definition) is 1. The molecule has 2 aromatic rings. The smallest absolute Gasteiger partial charge is 0.284 e. The van der Waals surface area contributed by atoms with Gasteiger partial charge in [-0.05, 0) is 47.0 Å². The molecule has 1 saturated carbocycles. The first kappa shape index (κ1) is 14.4. The first-order valence-corrected chi connectivity index (χ1v) is 7.25. The molecule has 0 N–H and O–H groups in total. The summed E-state index contributed by atoms with van der Waals surface area (Å²) in [6.45, 7) is 0. The van der Waals surface area contributed by atoms with Crippen LogP contribution in [0.3, 0.4) is 0 Å². The van der Waals surface area contributed by atoms with Crippen LogP contribution in [0.15, 0.2) is 33.5 Å². The summed E-state index contributed by atoms with van der Waals surface area (Å²) in [6.07, 6.45) is -2.43. The van der Waals surface area contributed by atoms with Crippen LogP contribution in [0.5, 0.6) is 0 Å². The molecule has 0 spiro atoms. The highest BCUT2D eigenvalue weighted by Crippen LogP contribution is 2.42. The molecule has 0 amide bonds. The summed E-state index contributed by atoms with van der Waals surface area (Å²) < 4.78 is 41.8. The van der Waals surface area contributed by atoms with Crippen LogP contribution in [-0.2, 0) is 13.2 Å². The summed E-state index contributed by atoms with van der Waals surface area (Å²) in [5.41, 5.74) is -0.0433. The average molecular weight is 361 g/mol. The van der Waals surface area contributed by atoms with Crippen molar-refractivity contribution in [2.24, 2.45) is 7.05 Å². The fourth-order valence-corrected chi connectivity index (χ4v) is 3.24. The molecule has 0 unspecified atom stereocenters. The van der Waals surface area contributed by atoms with Gasteiger partial charge < -0.3 is 0 Å². The van der Waals surface area contributed by atoms with Crippen LogP contribution < -0.4 is 5.56 Å². The molecule has 1 heterocycles. The monoisotopic (exact) mass is 360 g/mol. The van der Waals surface area contributed by atoms with Gasteiger partial charge in [0.2, 0.25) is 0 Å². The number of benzene rings is 1. The van der Waals surface area contributed by atoms with E-state index >= 15 is 0 Å². The predicted octanol–water partition coefficient (Wildman–Crippen LogP) is 3.83. The molecule has 0 radical (unpaired) electrons. The third-order valence-electron chi connectivity index (χ3n) is 3.64. The third kappa shape index (κ3) is 2.43. The molecule has 1 aromatic carbocycles. The van der Waals surface area contributed by atoms with Crippen LogP contribution in [0.2, 0.25) is 0 Å². The minimum atomic E-state index is -4.43. The SMILES string of the molecule is Cn1c(C2CC2)c(Br)c(=O)n1-c1cccc(C(F)(F)F)c1. The van der Waals surface area contributed by atoms with Crippen LogP contribution in [0.25, 0.3) is 5.69 Å². The summed E-state index contributed by atoms with van der Waals surface area (Å²) in [5.74, 6) is 0.309. The van der Waals surface area contributed by atoms with E-state index in [9.17, 15) is 18.0 Å². The van der Waals surface area contributed by atoms with Crippen molar-refractivity contribution in [2.75, 3.05) is 0 Å². The van der Waals surface area contributed by atoms with E-state index in [2.05, 4.69) is 15.9 Å². The molecule has 0 bridgehead atoms. The van der Waals surface area contributed by atoms with E-state index in [1.807, 2.05) is 0 Å². The van der Waals surface area contributed by atoms with Gasteiger partial charge in [-0.15, -0.1) is 0 Å². The fraction of sp³-hybridized carbons (Fsp3) is 0.357. The number of halogens is 4. The highest BCUT2D eigenvalue weighted by Gasteiger charge is 2.33. The summed E-state index contributed by atoms with van der Waals surface area (Å²) in [6, 6.07) is 4.79. The molecule has 112 valence electrons. The van der Waals surface area contributed by atoms with Crippen molar-refractivity contribution in [3.8, 4) is 5.69 Å². The lowest BCUT2D eigenvalue weighted by atomic mass is 10.2. The second-order valence-corrected chi connectivity index (χ2v) is 5.96. The lowest BCUT2D eigenvalue weighted by Gasteiger charge is -2.12. The Labute approximate surface area is 127 Å². The lowest BCUT2D eigenvalue weighted by Crippen LogP contribution is -2.20. The summed E-state index contributed by atoms with van der Waals surface area (Å²) in [5, 5.41) is 0. The minimum absolute atomic E-state index is 0.213. The van der Waals surface area contributed by atoms with Gasteiger partial charge in [-0.3, -0.25) is 9.48 Å². The Morgan fingerprint density at radius 3 is 2.52 bits per heavy atom. The van der Waals surface area contributed by atoms with E-state index in [1.165, 1.54) is 16.8 Å². The quantitative estimate of drug-likeness (QED) is 0.799. The zero-order valence-corrected chi connectivity index (χ0v) is 12.7. The zero-order valence-electron chi connectivity index (χ0n) is 11.1. The molecule has 1 fully saturated rings. The van der Waals surface area contributed by atoms with Gasteiger partial charge in [0.05, 0.1) is 16.9 Å². The minimum Gasteiger partial charge on any atom is -0.284 e. The first-order valence-electron chi connectivity index (χ1n) is 6.45. The Morgan fingerprint density at radius 1 is 1.29 bits per heavy atom. The lowest BCUT2D eigenvalue weighted by molar-refractivity contribution is -0.137. The van der Waals surface area contributed by atoms with E-state index in [-0.39, 0.29) is 11.2 Å². The van der Waals surface area contributed by atoms with Crippen molar-refractivity contribution in [2.45, 2.75) is 24.9 Å². The molecule has 7 heteroatoms. The maximum atomic E-state index is 12.8. The maximum absolute atomic E-state index is 12.8. The van der Waals surface area contributed by atoms with Crippen molar-refractivity contribution in [1.29, 1.82) is 0 Å². The van der Waals surface area contributed by atoms with Gasteiger partial charge in [0, 0.05) is 13.0 Å². The van der Waals surface area contributed by atoms with Crippen LogP contribution in [0.1, 0.15) is 30.0 Å². The first-order chi connectivity index (χ1) is 9.80. The number of rotatable bonds is 2. The molecule has 1 aromatic heterocycles. The summed E-state index contributed by atoms with van der Waals surface area (Å²) in [7, 11) is 1.69. The van der Waals surface area contributed by atoms with Gasteiger partial charge in [0.15, 0.2) is 0 Å². The van der Waals surface area contributed by atoms with E-state index < -0.39 is 11.7 Å². The van der Waals surface area contributed by atoms with Gasteiger partial charge in [0.1, 0.15) is 4.47 Å². The van der Waals surface area contributed by atoms with E-state index in [0.717, 1.165) is 30.7 Å². The van der Waals surface area contributed by atoms with Crippen LogP contribution >= 0.6 is 15.9 Å². The fourth-order valence-electron chi connectivity index (χ4n) is 2.49. The third-order valence-corrected chi connectivity index (χ3v) is 4.38. The van der Waals surface area contributed by atoms with Crippen LogP contribution in [0.4, 0.5) is 13.2 Å². The van der Waals surface area contributed by atoms with Crippen molar-refractivity contribution in [3.63, 3.8) is 0 Å². The Bertz CT molecular complexity index is 757. The van der Waals surface area contributed by atoms with Crippen LogP contribution in [0, 0.1) is 0 Å². The molecular weight excluding hydrogens is 349 g/mol. The predicted molar refractivity (Wildman–Crippen MR) is 75.7 cm³/mol. The second kappa shape index (κ2) is 4.76. The second-order valence-electron chi connectivity index (χ2n) is 5.16. The highest BCUT2D eigenvalue weighted by molar-refractivity contribution is 9.10. The van der Waals surface area contributed by atoms with Gasteiger partial charge in [-0.25, -0.2) is 4.68 Å². The van der Waals surface area contributed by atoms with Gasteiger partial charge >= 0.3 is 6.18 Å². The standard InChI is InChI=1S/C14H12BrF3N2O/c1-19-12(8-5-6-8)11(15)13(21)20(19)10-4-2-3-9(7-10)14(16,17)18/h2-4,7-8H,5-6H2,1H3. The number of alkyl halides is 3. The summed E-state index contributed by atoms with van der Waals surface area (Å²) in [4.78, 5) is 12.3. The van der Waals surface area contributed by atoms with Crippen molar-refractivity contribution in [3.05, 3.63) is 50.3 Å². The van der Waals surface area contributed by atoms with E-state index in [0.29, 0.717) is 10.4 Å². The molecule has 21 heavy (non-hydrogen) atoms. The molecule has 3 rings (SSSR count). The van der Waals surface area contributed by atoms with Crippen molar-refractivity contribution < 1.29 is 13.2 Å². The molecule has 0 saturated heterocycles. The van der Waals surface area contributed by atoms with Crippen molar-refractivity contribution in [1.82, 2.24) is 9.36 Å². The number of aromatic nitrogens is 2. The van der Waals surface area contributed by atoms with Crippen molar-refractivity contribution >= 4 is 15.9 Å². The zero-order chi connectivity index (χ0) is 15.4. The Balaban J connectivity index is 2.18. The molecule has 1 aliphatic carbocycles. The van der Waals surface area contributed by atoms with Crippen LogP contribution in [-0.4, -0.2) is 9.36 Å². The van der Waals surface area contributed by atoms with Gasteiger partial charge in [-0.1, -0.05) is 6.07 Å². The molecule has 0 aliphatic heterocycles. The molecular formula is C14H12BrF3N2O. The number of hydrogen-bond donors (Lipinski definition) is 0. The van der Waals surface area contributed by atoms with Gasteiger partial charge in [0.25, 0.3) is 5.56 Å². The maximum Gasteiger partial charge on any atom is 0.416 e. The van der Waals surface area contributed by atoms with E-state index in [4.69, 9.17) is 0 Å². The molecule has 1 aliphatic rings. The molecule has 0 atom stereocenters. The Kier molecular flexibility index (Phi) is 3.27. The Morgan fingerprint density at radius 2 is 1.95 bits per heavy atom. The molecule has 3 nitrogen and oxygen atoms in total. The van der Waals surface area contributed by atoms with E-state index in [1.54, 1.807) is 11.7 Å². The summed E-state index contributed by atoms with van der Waals surface area (Å²) >= 11 is 3.27. The highest BCUT2D eigenvalue weighted by atomic mass is 79.9. The topological polar surface area (TPSA) is 26.9 Å². The largest absolute Gasteiger partial charge is 0.416 e. The van der Waals surface area contributed by atoms with Gasteiger partial charge in [-0.2, -0.15) is 13.2 Å². The number of nitrogens with zero attached hydrogens (tertiary/aromatic N) is 2. The Hall–Kier alpha value is -1.50.